The summed E-state index contributed by atoms with van der Waals surface area (Å²) in [7, 11) is 0. The maximum absolute atomic E-state index is 4.23. The summed E-state index contributed by atoms with van der Waals surface area (Å²) in [5.74, 6) is 0. The first-order chi connectivity index (χ1) is 6.25. The summed E-state index contributed by atoms with van der Waals surface area (Å²) in [6.45, 7) is 7.97. The number of rotatable bonds is 0. The largest absolute Gasteiger partial charge is 0.237 e. The number of nitrogens with zero attached hydrogens (tertiary/aromatic N) is 3. The van der Waals surface area contributed by atoms with Crippen LogP contribution in [-0.2, 0) is 0 Å². The molecular formula is C10H15N3. The second-order valence-electron chi connectivity index (χ2n) is 2.72. The van der Waals surface area contributed by atoms with E-state index in [4.69, 9.17) is 0 Å². The molecule has 0 saturated heterocycles. The van der Waals surface area contributed by atoms with Gasteiger partial charge in [0, 0.05) is 18.5 Å². The van der Waals surface area contributed by atoms with E-state index in [1.807, 2.05) is 46.2 Å². The van der Waals surface area contributed by atoms with Crippen molar-refractivity contribution in [3.63, 3.8) is 0 Å². The molecule has 3 nitrogen and oxygen atoms in total. The molecule has 0 saturated carbocycles. The fourth-order valence-electron chi connectivity index (χ4n) is 1.09. The van der Waals surface area contributed by atoms with Crippen LogP contribution in [0.3, 0.4) is 0 Å². The third-order valence-electron chi connectivity index (χ3n) is 1.56. The quantitative estimate of drug-likeness (QED) is 0.618. The molecule has 0 unspecified atom stereocenters. The predicted molar refractivity (Wildman–Crippen MR) is 53.8 cm³/mol. The standard InChI is InChI=1S/C8H9N3.C2H6/c1-6-4-9-8-3-7(2)10-11(8)5-6;1-2/h3-5H,1-2H3;1-2H3. The van der Waals surface area contributed by atoms with E-state index in [1.54, 1.807) is 4.52 Å². The maximum atomic E-state index is 4.23. The van der Waals surface area contributed by atoms with Crippen molar-refractivity contribution in [2.24, 2.45) is 0 Å². The number of hydrogen-bond donors (Lipinski definition) is 0. The summed E-state index contributed by atoms with van der Waals surface area (Å²) in [6.07, 6.45) is 3.81. The zero-order valence-corrected chi connectivity index (χ0v) is 8.57. The SMILES string of the molecule is CC.Cc1cnc2cc(C)nn2c1. The Bertz CT molecular complexity index is 390. The third kappa shape index (κ3) is 2.05. The molecule has 13 heavy (non-hydrogen) atoms. The van der Waals surface area contributed by atoms with Gasteiger partial charge in [-0.15, -0.1) is 0 Å². The molecule has 0 fully saturated rings. The number of fused-ring (bicyclic) bond motifs is 1. The molecule has 2 aromatic rings. The van der Waals surface area contributed by atoms with Crippen molar-refractivity contribution in [3.05, 3.63) is 29.7 Å². The smallest absolute Gasteiger partial charge is 0.155 e. The first-order valence-corrected chi connectivity index (χ1v) is 4.54. The van der Waals surface area contributed by atoms with Crippen LogP contribution in [0.15, 0.2) is 18.5 Å². The zero-order valence-electron chi connectivity index (χ0n) is 8.57. The minimum absolute atomic E-state index is 0.910. The van der Waals surface area contributed by atoms with E-state index in [1.165, 1.54) is 0 Å². The monoisotopic (exact) mass is 177 g/mol. The van der Waals surface area contributed by atoms with Gasteiger partial charge in [0.25, 0.3) is 0 Å². The van der Waals surface area contributed by atoms with Gasteiger partial charge in [-0.25, -0.2) is 9.50 Å². The molecule has 0 radical (unpaired) electrons. The van der Waals surface area contributed by atoms with Crippen molar-refractivity contribution in [1.82, 2.24) is 14.6 Å². The van der Waals surface area contributed by atoms with Gasteiger partial charge in [0.05, 0.1) is 5.69 Å². The summed E-state index contributed by atoms with van der Waals surface area (Å²) in [5.41, 5.74) is 3.04. The van der Waals surface area contributed by atoms with Crippen LogP contribution < -0.4 is 0 Å². The molecule has 0 aliphatic carbocycles. The van der Waals surface area contributed by atoms with Crippen LogP contribution >= 0.6 is 0 Å². The molecular weight excluding hydrogens is 162 g/mol. The molecule has 0 atom stereocenters. The topological polar surface area (TPSA) is 30.2 Å². The van der Waals surface area contributed by atoms with Crippen LogP contribution in [0.25, 0.3) is 5.65 Å². The minimum Gasteiger partial charge on any atom is -0.237 e. The lowest BCUT2D eigenvalue weighted by Crippen LogP contribution is -1.90. The molecule has 2 aromatic heterocycles. The van der Waals surface area contributed by atoms with Crippen LogP contribution in [0.2, 0.25) is 0 Å². The van der Waals surface area contributed by atoms with Crippen LogP contribution in [-0.4, -0.2) is 14.6 Å². The van der Waals surface area contributed by atoms with Crippen molar-refractivity contribution < 1.29 is 0 Å². The van der Waals surface area contributed by atoms with Gasteiger partial charge in [0.2, 0.25) is 0 Å². The van der Waals surface area contributed by atoms with Gasteiger partial charge in [0.15, 0.2) is 5.65 Å². The second kappa shape index (κ2) is 4.03. The van der Waals surface area contributed by atoms with Gasteiger partial charge in [-0.2, -0.15) is 5.10 Å². The molecule has 2 heterocycles. The molecule has 0 aliphatic heterocycles. The first kappa shape index (κ1) is 9.71. The van der Waals surface area contributed by atoms with E-state index < -0.39 is 0 Å². The van der Waals surface area contributed by atoms with Crippen molar-refractivity contribution in [1.29, 1.82) is 0 Å². The van der Waals surface area contributed by atoms with E-state index in [9.17, 15) is 0 Å². The normalized spacial score (nSPS) is 9.54. The first-order valence-electron chi connectivity index (χ1n) is 4.54. The lowest BCUT2D eigenvalue weighted by Gasteiger charge is -1.91. The molecule has 2 rings (SSSR count). The third-order valence-corrected chi connectivity index (χ3v) is 1.56. The van der Waals surface area contributed by atoms with E-state index in [-0.39, 0.29) is 0 Å². The van der Waals surface area contributed by atoms with Gasteiger partial charge in [-0.05, 0) is 19.4 Å². The summed E-state index contributed by atoms with van der Waals surface area (Å²) < 4.78 is 1.80. The summed E-state index contributed by atoms with van der Waals surface area (Å²) in [5, 5.41) is 4.23. The molecule has 0 amide bonds. The molecule has 0 aromatic carbocycles. The van der Waals surface area contributed by atoms with Crippen LogP contribution in [0.1, 0.15) is 25.1 Å². The highest BCUT2D eigenvalue weighted by Crippen LogP contribution is 2.02. The van der Waals surface area contributed by atoms with Gasteiger partial charge in [0.1, 0.15) is 0 Å². The highest BCUT2D eigenvalue weighted by molar-refractivity contribution is 5.38. The number of aryl methyl sites for hydroxylation is 2. The number of hydrogen-bond acceptors (Lipinski definition) is 2. The van der Waals surface area contributed by atoms with Crippen LogP contribution in [0.4, 0.5) is 0 Å². The van der Waals surface area contributed by atoms with Crippen molar-refractivity contribution in [2.75, 3.05) is 0 Å². The molecule has 0 aliphatic rings. The van der Waals surface area contributed by atoms with Gasteiger partial charge in [-0.3, -0.25) is 0 Å². The molecule has 0 N–H and O–H groups in total. The fourth-order valence-corrected chi connectivity index (χ4v) is 1.09. The van der Waals surface area contributed by atoms with E-state index in [0.717, 1.165) is 16.9 Å². The van der Waals surface area contributed by atoms with Gasteiger partial charge < -0.3 is 0 Å². The minimum atomic E-state index is 0.910. The fraction of sp³-hybridized carbons (Fsp3) is 0.400. The summed E-state index contributed by atoms with van der Waals surface area (Å²) in [4.78, 5) is 4.20. The number of aromatic nitrogens is 3. The molecule has 0 spiro atoms. The molecule has 3 heteroatoms. The molecule has 0 bridgehead atoms. The Balaban J connectivity index is 0.000000396. The highest BCUT2D eigenvalue weighted by Gasteiger charge is 1.96. The summed E-state index contributed by atoms with van der Waals surface area (Å²) in [6, 6.07) is 1.96. The van der Waals surface area contributed by atoms with Crippen molar-refractivity contribution in [3.8, 4) is 0 Å². The van der Waals surface area contributed by atoms with Crippen molar-refractivity contribution >= 4 is 5.65 Å². The predicted octanol–water partition coefficient (Wildman–Crippen LogP) is 2.37. The maximum Gasteiger partial charge on any atom is 0.155 e. The van der Waals surface area contributed by atoms with E-state index in [2.05, 4.69) is 10.1 Å². The highest BCUT2D eigenvalue weighted by atomic mass is 15.2. The summed E-state index contributed by atoms with van der Waals surface area (Å²) >= 11 is 0. The van der Waals surface area contributed by atoms with Gasteiger partial charge >= 0.3 is 0 Å². The van der Waals surface area contributed by atoms with Crippen LogP contribution in [0.5, 0.6) is 0 Å². The Labute approximate surface area is 78.4 Å². The average molecular weight is 177 g/mol. The Morgan fingerprint density at radius 2 is 1.92 bits per heavy atom. The second-order valence-corrected chi connectivity index (χ2v) is 2.72. The Hall–Kier alpha value is -1.38. The van der Waals surface area contributed by atoms with Crippen LogP contribution in [0, 0.1) is 13.8 Å². The van der Waals surface area contributed by atoms with Crippen molar-refractivity contribution in [2.45, 2.75) is 27.7 Å². The average Bonchev–Trinajstić information content (AvgIpc) is 2.48. The Morgan fingerprint density at radius 1 is 1.23 bits per heavy atom. The zero-order chi connectivity index (χ0) is 9.84. The van der Waals surface area contributed by atoms with E-state index in [0.29, 0.717) is 0 Å². The van der Waals surface area contributed by atoms with E-state index >= 15 is 0 Å². The lowest BCUT2D eigenvalue weighted by molar-refractivity contribution is 0.907. The Morgan fingerprint density at radius 3 is 2.62 bits per heavy atom. The Kier molecular flexibility index (Phi) is 3.01. The lowest BCUT2D eigenvalue weighted by atomic mass is 10.4. The molecule has 70 valence electrons. The van der Waals surface area contributed by atoms with Gasteiger partial charge in [-0.1, -0.05) is 13.8 Å².